The first-order valence-corrected chi connectivity index (χ1v) is 7.79. The average molecular weight is 353 g/mol. The Balaban J connectivity index is 1.66. The van der Waals surface area contributed by atoms with Gasteiger partial charge in [-0.3, -0.25) is 20.4 Å². The Kier molecular flexibility index (Phi) is 7.41. The summed E-state index contributed by atoms with van der Waals surface area (Å²) in [6.45, 7) is -0.314. The smallest absolute Gasteiger partial charge is 0.279 e. The van der Waals surface area contributed by atoms with E-state index in [2.05, 4.69) is 16.0 Å². The molecule has 0 aliphatic rings. The maximum absolute atomic E-state index is 11.7. The van der Waals surface area contributed by atoms with Crippen molar-refractivity contribution in [1.82, 2.24) is 10.9 Å². The number of rotatable bonds is 7. The minimum Gasteiger partial charge on any atom is -0.497 e. The number of nitrogens with one attached hydrogen (secondary N) is 2. The van der Waals surface area contributed by atoms with Crippen LogP contribution in [0.5, 0.6) is 5.75 Å². The van der Waals surface area contributed by atoms with Crippen molar-refractivity contribution in [3.05, 3.63) is 71.8 Å². The SMILES string of the molecule is COc1ccc(/C=C/C(=O)NNC(=O)CO/N=C\c2ccccc2)cc1. The van der Waals surface area contributed by atoms with Crippen LogP contribution in [0.4, 0.5) is 0 Å². The Morgan fingerprint density at radius 3 is 2.42 bits per heavy atom. The normalized spacial score (nSPS) is 10.7. The Hall–Kier alpha value is -3.61. The number of hydrogen-bond donors (Lipinski definition) is 2. The van der Waals surface area contributed by atoms with Crippen molar-refractivity contribution in [2.75, 3.05) is 13.7 Å². The van der Waals surface area contributed by atoms with Gasteiger partial charge in [0.2, 0.25) is 0 Å². The molecule has 0 aliphatic carbocycles. The highest BCUT2D eigenvalue weighted by atomic mass is 16.6. The first-order valence-electron chi connectivity index (χ1n) is 7.79. The number of ether oxygens (including phenoxy) is 1. The number of hydrazine groups is 1. The minimum absolute atomic E-state index is 0.314. The van der Waals surface area contributed by atoms with Crippen molar-refractivity contribution in [1.29, 1.82) is 0 Å². The molecule has 0 radical (unpaired) electrons. The molecule has 0 saturated heterocycles. The van der Waals surface area contributed by atoms with Crippen LogP contribution in [0.25, 0.3) is 6.08 Å². The summed E-state index contributed by atoms with van der Waals surface area (Å²) in [4.78, 5) is 28.1. The zero-order chi connectivity index (χ0) is 18.6. The highest BCUT2D eigenvalue weighted by Gasteiger charge is 2.02. The Bertz CT molecular complexity index is 771. The molecule has 0 spiro atoms. The topological polar surface area (TPSA) is 89.0 Å². The van der Waals surface area contributed by atoms with Gasteiger partial charge in [-0.1, -0.05) is 47.6 Å². The van der Waals surface area contributed by atoms with Gasteiger partial charge in [-0.15, -0.1) is 0 Å². The number of nitrogens with zero attached hydrogens (tertiary/aromatic N) is 1. The van der Waals surface area contributed by atoms with E-state index in [1.807, 2.05) is 30.3 Å². The maximum Gasteiger partial charge on any atom is 0.279 e. The molecule has 0 bridgehead atoms. The van der Waals surface area contributed by atoms with Crippen LogP contribution in [0.15, 0.2) is 65.8 Å². The van der Waals surface area contributed by atoms with Crippen LogP contribution in [0.3, 0.4) is 0 Å². The molecule has 2 amide bonds. The van der Waals surface area contributed by atoms with Crippen LogP contribution in [0.2, 0.25) is 0 Å². The minimum atomic E-state index is -0.526. The van der Waals surface area contributed by atoms with Gasteiger partial charge < -0.3 is 9.57 Å². The fourth-order valence-corrected chi connectivity index (χ4v) is 1.83. The monoisotopic (exact) mass is 353 g/mol. The lowest BCUT2D eigenvalue weighted by atomic mass is 10.2. The van der Waals surface area contributed by atoms with E-state index in [-0.39, 0.29) is 6.61 Å². The third-order valence-electron chi connectivity index (χ3n) is 3.14. The lowest BCUT2D eigenvalue weighted by Crippen LogP contribution is -2.42. The van der Waals surface area contributed by atoms with Crippen LogP contribution < -0.4 is 15.6 Å². The Morgan fingerprint density at radius 2 is 1.73 bits per heavy atom. The average Bonchev–Trinajstić information content (AvgIpc) is 2.69. The molecular formula is C19H19N3O4. The van der Waals surface area contributed by atoms with Gasteiger partial charge in [-0.2, -0.15) is 0 Å². The Labute approximate surface area is 151 Å². The molecular weight excluding hydrogens is 334 g/mol. The maximum atomic E-state index is 11.7. The largest absolute Gasteiger partial charge is 0.497 e. The van der Waals surface area contributed by atoms with E-state index in [9.17, 15) is 9.59 Å². The molecule has 0 aliphatic heterocycles. The zero-order valence-electron chi connectivity index (χ0n) is 14.2. The first kappa shape index (κ1) is 18.7. The number of carbonyl (C=O) groups excluding carboxylic acids is 2. The molecule has 0 aromatic heterocycles. The van der Waals surface area contributed by atoms with Crippen LogP contribution in [0.1, 0.15) is 11.1 Å². The summed E-state index contributed by atoms with van der Waals surface area (Å²) in [6.07, 6.45) is 4.40. The van der Waals surface area contributed by atoms with Crippen LogP contribution in [0, 0.1) is 0 Å². The summed E-state index contributed by atoms with van der Waals surface area (Å²) in [7, 11) is 1.58. The third-order valence-corrected chi connectivity index (χ3v) is 3.14. The lowest BCUT2D eigenvalue weighted by Gasteiger charge is -2.04. The van der Waals surface area contributed by atoms with Gasteiger partial charge in [0, 0.05) is 6.08 Å². The fraction of sp³-hybridized carbons (Fsp3) is 0.105. The van der Waals surface area contributed by atoms with E-state index in [0.29, 0.717) is 0 Å². The molecule has 2 N–H and O–H groups in total. The number of amides is 2. The molecule has 0 fully saturated rings. The summed E-state index contributed by atoms with van der Waals surface area (Å²) >= 11 is 0. The summed E-state index contributed by atoms with van der Waals surface area (Å²) in [5, 5.41) is 3.68. The molecule has 2 aromatic carbocycles. The Morgan fingerprint density at radius 1 is 1.00 bits per heavy atom. The van der Waals surface area contributed by atoms with Crippen molar-refractivity contribution in [2.24, 2.45) is 5.16 Å². The van der Waals surface area contributed by atoms with Gasteiger partial charge in [-0.05, 0) is 29.3 Å². The van der Waals surface area contributed by atoms with Crippen molar-refractivity contribution in [3.8, 4) is 5.75 Å². The highest BCUT2D eigenvalue weighted by molar-refractivity contribution is 5.93. The standard InChI is InChI=1S/C19H19N3O4/c1-25-17-10-7-15(8-11-17)9-12-18(23)21-22-19(24)14-26-20-13-16-5-3-2-4-6-16/h2-13H,14H2,1H3,(H,21,23)(H,22,24)/b12-9+,20-13-. The highest BCUT2D eigenvalue weighted by Crippen LogP contribution is 2.12. The lowest BCUT2D eigenvalue weighted by molar-refractivity contribution is -0.130. The third kappa shape index (κ3) is 6.88. The second-order valence-electron chi connectivity index (χ2n) is 5.06. The van der Waals surface area contributed by atoms with Gasteiger partial charge in [0.15, 0.2) is 6.61 Å². The quantitative estimate of drug-likeness (QED) is 0.452. The van der Waals surface area contributed by atoms with Gasteiger partial charge in [-0.25, -0.2) is 0 Å². The van der Waals surface area contributed by atoms with Crippen molar-refractivity contribution < 1.29 is 19.2 Å². The molecule has 2 rings (SSSR count). The number of oxime groups is 1. The van der Waals surface area contributed by atoms with Crippen molar-refractivity contribution in [2.45, 2.75) is 0 Å². The molecule has 0 unspecified atom stereocenters. The first-order chi connectivity index (χ1) is 12.7. The van der Waals surface area contributed by atoms with Crippen molar-refractivity contribution >= 4 is 24.1 Å². The predicted molar refractivity (Wildman–Crippen MR) is 98.3 cm³/mol. The summed E-state index contributed by atoms with van der Waals surface area (Å²) in [5.41, 5.74) is 6.16. The molecule has 7 nitrogen and oxygen atoms in total. The zero-order valence-corrected chi connectivity index (χ0v) is 14.2. The summed E-state index contributed by atoms with van der Waals surface area (Å²) in [6, 6.07) is 16.5. The van der Waals surface area contributed by atoms with E-state index in [1.54, 1.807) is 37.5 Å². The molecule has 7 heteroatoms. The van der Waals surface area contributed by atoms with E-state index in [4.69, 9.17) is 9.57 Å². The number of carbonyl (C=O) groups is 2. The van der Waals surface area contributed by atoms with Crippen LogP contribution >= 0.6 is 0 Å². The van der Waals surface area contributed by atoms with E-state index in [1.165, 1.54) is 12.3 Å². The predicted octanol–water partition coefficient (Wildman–Crippen LogP) is 1.91. The van der Waals surface area contributed by atoms with Gasteiger partial charge in [0.05, 0.1) is 13.3 Å². The molecule has 26 heavy (non-hydrogen) atoms. The second-order valence-corrected chi connectivity index (χ2v) is 5.06. The summed E-state index contributed by atoms with van der Waals surface area (Å²) in [5.74, 6) is -0.267. The van der Waals surface area contributed by atoms with Gasteiger partial charge >= 0.3 is 0 Å². The molecule has 134 valence electrons. The van der Waals surface area contributed by atoms with Crippen molar-refractivity contribution in [3.63, 3.8) is 0 Å². The van der Waals surface area contributed by atoms with Crippen LogP contribution in [-0.2, 0) is 14.4 Å². The number of benzene rings is 2. The van der Waals surface area contributed by atoms with Gasteiger partial charge in [0.25, 0.3) is 11.8 Å². The molecule has 0 heterocycles. The van der Waals surface area contributed by atoms with E-state index < -0.39 is 11.8 Å². The number of methoxy groups -OCH3 is 1. The second kappa shape index (κ2) is 10.3. The molecule has 0 atom stereocenters. The van der Waals surface area contributed by atoms with E-state index in [0.717, 1.165) is 16.9 Å². The molecule has 2 aromatic rings. The van der Waals surface area contributed by atoms with Gasteiger partial charge in [0.1, 0.15) is 5.75 Å². The molecule has 0 saturated carbocycles. The fourth-order valence-electron chi connectivity index (χ4n) is 1.83. The van der Waals surface area contributed by atoms with Crippen LogP contribution in [-0.4, -0.2) is 31.7 Å². The summed E-state index contributed by atoms with van der Waals surface area (Å²) < 4.78 is 5.05. The number of hydrogen-bond acceptors (Lipinski definition) is 5. The van der Waals surface area contributed by atoms with E-state index >= 15 is 0 Å².